The van der Waals surface area contributed by atoms with Crippen LogP contribution in [0.5, 0.6) is 0 Å². The fraction of sp³-hybridized carbons (Fsp3) is 0.783. The lowest BCUT2D eigenvalue weighted by Crippen LogP contribution is -2.55. The first-order valence-electron chi connectivity index (χ1n) is 10.7. The third kappa shape index (κ3) is 4.27. The number of ether oxygens (including phenoxy) is 3. The average Bonchev–Trinajstić information content (AvgIpc) is 2.97. The van der Waals surface area contributed by atoms with Gasteiger partial charge >= 0.3 is 11.9 Å². The summed E-state index contributed by atoms with van der Waals surface area (Å²) >= 11 is 0. The summed E-state index contributed by atoms with van der Waals surface area (Å²) in [6.07, 6.45) is 3.28. The number of hydrogen-bond donors (Lipinski definition) is 0. The van der Waals surface area contributed by atoms with Gasteiger partial charge in [0.05, 0.1) is 6.10 Å². The number of allylic oxidation sites excluding steroid dienone is 1. The van der Waals surface area contributed by atoms with Crippen molar-refractivity contribution in [3.05, 3.63) is 11.6 Å². The van der Waals surface area contributed by atoms with Gasteiger partial charge in [0, 0.05) is 32.1 Å². The van der Waals surface area contributed by atoms with Gasteiger partial charge in [-0.3, -0.25) is 14.4 Å². The fourth-order valence-electron chi connectivity index (χ4n) is 5.75. The molecule has 7 atom stereocenters. The summed E-state index contributed by atoms with van der Waals surface area (Å²) in [7, 11) is 0. The van der Waals surface area contributed by atoms with Gasteiger partial charge in [-0.05, 0) is 44.9 Å². The number of carbonyl (C=O) groups excluding carboxylic acids is 3. The van der Waals surface area contributed by atoms with E-state index < -0.39 is 17.7 Å². The van der Waals surface area contributed by atoms with E-state index in [1.54, 1.807) is 0 Å². The lowest BCUT2D eigenvalue weighted by molar-refractivity contribution is -0.179. The Hall–Kier alpha value is -1.69. The van der Waals surface area contributed by atoms with E-state index >= 15 is 0 Å². The zero-order valence-electron chi connectivity index (χ0n) is 18.4. The van der Waals surface area contributed by atoms with Crippen molar-refractivity contribution in [2.24, 2.45) is 23.7 Å². The van der Waals surface area contributed by atoms with Gasteiger partial charge in [-0.25, -0.2) is 0 Å². The van der Waals surface area contributed by atoms with Gasteiger partial charge in [-0.2, -0.15) is 0 Å². The Bertz CT molecular complexity index is 710. The van der Waals surface area contributed by atoms with E-state index in [2.05, 4.69) is 26.8 Å². The first kappa shape index (κ1) is 22.0. The molecule has 6 heteroatoms. The average molecular weight is 407 g/mol. The van der Waals surface area contributed by atoms with Crippen LogP contribution in [0.25, 0.3) is 0 Å². The van der Waals surface area contributed by atoms with Crippen molar-refractivity contribution in [3.63, 3.8) is 0 Å². The number of esters is 2. The van der Waals surface area contributed by atoms with E-state index in [9.17, 15) is 14.4 Å². The molecule has 2 fully saturated rings. The topological polar surface area (TPSA) is 78.9 Å². The summed E-state index contributed by atoms with van der Waals surface area (Å²) < 4.78 is 18.0. The minimum atomic E-state index is -0.795. The van der Waals surface area contributed by atoms with Crippen molar-refractivity contribution < 1.29 is 28.6 Å². The molecule has 3 rings (SSSR count). The Morgan fingerprint density at radius 1 is 1.17 bits per heavy atom. The number of Topliss-reactive ketones (excluding diaryl/α,β-unsaturated/α-hetero) is 1. The fourth-order valence-corrected chi connectivity index (χ4v) is 5.75. The first-order valence-corrected chi connectivity index (χ1v) is 10.7. The maximum atomic E-state index is 13.0. The molecule has 1 aliphatic carbocycles. The van der Waals surface area contributed by atoms with Gasteiger partial charge in [-0.1, -0.05) is 25.5 Å². The van der Waals surface area contributed by atoms with Crippen molar-refractivity contribution in [2.75, 3.05) is 0 Å². The van der Waals surface area contributed by atoms with Gasteiger partial charge in [0.1, 0.15) is 11.7 Å². The highest BCUT2D eigenvalue weighted by atomic mass is 16.6. The van der Waals surface area contributed by atoms with Crippen LogP contribution in [0.2, 0.25) is 0 Å². The molecule has 0 aromatic heterocycles. The van der Waals surface area contributed by atoms with Crippen molar-refractivity contribution in [2.45, 2.75) is 91.1 Å². The van der Waals surface area contributed by atoms with Gasteiger partial charge < -0.3 is 14.2 Å². The molecule has 0 radical (unpaired) electrons. The van der Waals surface area contributed by atoms with Crippen LogP contribution < -0.4 is 0 Å². The summed E-state index contributed by atoms with van der Waals surface area (Å²) in [6, 6.07) is 0. The van der Waals surface area contributed by atoms with Gasteiger partial charge in [0.25, 0.3) is 0 Å². The second kappa shape index (κ2) is 8.21. The third-order valence-electron chi connectivity index (χ3n) is 6.93. The monoisotopic (exact) mass is 406 g/mol. The summed E-state index contributed by atoms with van der Waals surface area (Å²) in [5.74, 6) is -0.702. The molecular formula is C23H34O6. The van der Waals surface area contributed by atoms with Crippen LogP contribution in [-0.2, 0) is 28.6 Å². The lowest BCUT2D eigenvalue weighted by atomic mass is 9.61. The standard InChI is InChI=1S/C23H34O6/c1-12(2)16-11-17(26)21(27-14(4)24)20-18-10-13(3)8-7-9-23(6,29-15(5)25)22(28-18)19(16)20/h8,12,16,18-22H,7,9-11H2,1-6H3/b13-8-/t16-,18-,19-,20-,21-,22-,23-/m1/s1. The minimum absolute atomic E-state index is 0.0164. The molecule has 2 aliphatic heterocycles. The molecule has 162 valence electrons. The van der Waals surface area contributed by atoms with E-state index in [0.29, 0.717) is 19.3 Å². The Morgan fingerprint density at radius 2 is 1.86 bits per heavy atom. The number of carbonyl (C=O) groups is 3. The maximum Gasteiger partial charge on any atom is 0.303 e. The molecule has 2 bridgehead atoms. The van der Waals surface area contributed by atoms with Gasteiger partial charge in [0.15, 0.2) is 11.9 Å². The Labute approximate surface area is 173 Å². The van der Waals surface area contributed by atoms with E-state index in [-0.39, 0.29) is 47.6 Å². The zero-order chi connectivity index (χ0) is 21.5. The van der Waals surface area contributed by atoms with Crippen LogP contribution in [0.15, 0.2) is 11.6 Å². The Balaban J connectivity index is 2.11. The second-order valence-electron chi connectivity index (χ2n) is 9.56. The van der Waals surface area contributed by atoms with Gasteiger partial charge in [0.2, 0.25) is 0 Å². The molecule has 6 nitrogen and oxygen atoms in total. The van der Waals surface area contributed by atoms with Crippen molar-refractivity contribution in [1.29, 1.82) is 0 Å². The van der Waals surface area contributed by atoms with Crippen LogP contribution >= 0.6 is 0 Å². The maximum absolute atomic E-state index is 13.0. The molecule has 1 saturated carbocycles. The van der Waals surface area contributed by atoms with Crippen LogP contribution in [0, 0.1) is 23.7 Å². The highest BCUT2D eigenvalue weighted by Crippen LogP contribution is 2.53. The van der Waals surface area contributed by atoms with E-state index in [1.165, 1.54) is 19.4 Å². The molecule has 0 amide bonds. The highest BCUT2D eigenvalue weighted by molar-refractivity contribution is 5.87. The summed E-state index contributed by atoms with van der Waals surface area (Å²) in [5, 5.41) is 0. The molecule has 0 N–H and O–H groups in total. The third-order valence-corrected chi connectivity index (χ3v) is 6.93. The predicted molar refractivity (Wildman–Crippen MR) is 107 cm³/mol. The van der Waals surface area contributed by atoms with Crippen molar-refractivity contribution >= 4 is 17.7 Å². The second-order valence-corrected chi connectivity index (χ2v) is 9.56. The predicted octanol–water partition coefficient (Wildman–Crippen LogP) is 3.61. The van der Waals surface area contributed by atoms with Crippen molar-refractivity contribution in [1.82, 2.24) is 0 Å². The van der Waals surface area contributed by atoms with Crippen LogP contribution in [0.1, 0.15) is 67.2 Å². The molecule has 2 heterocycles. The zero-order valence-corrected chi connectivity index (χ0v) is 18.4. The Kier molecular flexibility index (Phi) is 6.23. The SMILES string of the molecule is CC(=O)O[C@@H]1C(=O)C[C@H](C(C)C)[C@@H]2[C@H]1[C@H]1C/C(C)=C\CC[C@@](C)(OC(C)=O)[C@@H]2O1. The highest BCUT2D eigenvalue weighted by Gasteiger charge is 2.62. The Morgan fingerprint density at radius 3 is 2.45 bits per heavy atom. The van der Waals surface area contributed by atoms with Crippen LogP contribution in [0.3, 0.4) is 0 Å². The number of fused-ring (bicyclic) bond motifs is 5. The number of ketones is 1. The molecule has 0 aromatic carbocycles. The molecule has 29 heavy (non-hydrogen) atoms. The summed E-state index contributed by atoms with van der Waals surface area (Å²) in [6.45, 7) is 11.0. The molecule has 3 aliphatic rings. The van der Waals surface area contributed by atoms with E-state index in [0.717, 1.165) is 6.42 Å². The first-order chi connectivity index (χ1) is 13.5. The quantitative estimate of drug-likeness (QED) is 0.526. The van der Waals surface area contributed by atoms with Crippen molar-refractivity contribution in [3.8, 4) is 0 Å². The van der Waals surface area contributed by atoms with E-state index in [4.69, 9.17) is 14.2 Å². The molecule has 0 unspecified atom stereocenters. The lowest BCUT2D eigenvalue weighted by Gasteiger charge is -2.45. The van der Waals surface area contributed by atoms with Gasteiger partial charge in [-0.15, -0.1) is 0 Å². The summed E-state index contributed by atoms with van der Waals surface area (Å²) in [5.41, 5.74) is 0.390. The van der Waals surface area contributed by atoms with E-state index in [1.807, 2.05) is 6.92 Å². The molecule has 0 aromatic rings. The minimum Gasteiger partial charge on any atom is -0.457 e. The number of hydrogen-bond acceptors (Lipinski definition) is 6. The molecular weight excluding hydrogens is 372 g/mol. The van der Waals surface area contributed by atoms with Crippen LogP contribution in [0.4, 0.5) is 0 Å². The molecule has 1 saturated heterocycles. The number of rotatable bonds is 3. The van der Waals surface area contributed by atoms with Crippen LogP contribution in [-0.4, -0.2) is 41.6 Å². The largest absolute Gasteiger partial charge is 0.457 e. The molecule has 0 spiro atoms. The normalized spacial score (nSPS) is 41.5. The smallest absolute Gasteiger partial charge is 0.303 e. The summed E-state index contributed by atoms with van der Waals surface area (Å²) in [4.78, 5) is 36.8.